The lowest BCUT2D eigenvalue weighted by Gasteiger charge is -2.23. The van der Waals surface area contributed by atoms with E-state index in [-0.39, 0.29) is 11.8 Å². The van der Waals surface area contributed by atoms with Gasteiger partial charge in [-0.3, -0.25) is 4.79 Å². The van der Waals surface area contributed by atoms with Crippen LogP contribution in [0.4, 0.5) is 0 Å². The lowest BCUT2D eigenvalue weighted by atomic mass is 9.88. The maximum absolute atomic E-state index is 12.1. The van der Waals surface area contributed by atoms with Crippen LogP contribution >= 0.6 is 0 Å². The number of carbonyl (C=O) groups is 1. The average Bonchev–Trinajstić information content (AvgIpc) is 3.07. The van der Waals surface area contributed by atoms with Crippen molar-refractivity contribution in [2.75, 3.05) is 13.2 Å². The molecule has 3 unspecified atom stereocenters. The summed E-state index contributed by atoms with van der Waals surface area (Å²) in [7, 11) is 0. The van der Waals surface area contributed by atoms with Crippen LogP contribution in [0.1, 0.15) is 51.4 Å². The van der Waals surface area contributed by atoms with Gasteiger partial charge in [0.05, 0.1) is 18.6 Å². The molecule has 3 rings (SSSR count). The maximum Gasteiger partial charge on any atom is 0.224 e. The summed E-state index contributed by atoms with van der Waals surface area (Å²) in [5.74, 6) is 0.431. The topological polar surface area (TPSA) is 50.4 Å². The van der Waals surface area contributed by atoms with Gasteiger partial charge in [0.1, 0.15) is 0 Å². The summed E-state index contributed by atoms with van der Waals surface area (Å²) in [6.07, 6.45) is 10.2. The molecule has 2 bridgehead atoms. The minimum absolute atomic E-state index is 0.202. The Labute approximate surface area is 115 Å². The molecule has 0 aromatic carbocycles. The number of amides is 1. The van der Waals surface area contributed by atoms with Gasteiger partial charge in [-0.05, 0) is 32.1 Å². The van der Waals surface area contributed by atoms with Crippen LogP contribution in [0.15, 0.2) is 0 Å². The monoisotopic (exact) mass is 266 g/mol. The summed E-state index contributed by atoms with van der Waals surface area (Å²) < 4.78 is 5.83. The highest BCUT2D eigenvalue weighted by molar-refractivity contribution is 5.80. The van der Waals surface area contributed by atoms with Crippen LogP contribution in [0, 0.1) is 5.92 Å². The Bertz CT molecular complexity index is 315. The van der Waals surface area contributed by atoms with Gasteiger partial charge in [-0.1, -0.05) is 19.3 Å². The molecule has 0 radical (unpaired) electrons. The third kappa shape index (κ3) is 3.29. The molecule has 1 saturated carbocycles. The summed E-state index contributed by atoms with van der Waals surface area (Å²) in [5.41, 5.74) is 0. The predicted octanol–water partition coefficient (Wildman–Crippen LogP) is 1.59. The van der Waals surface area contributed by atoms with E-state index in [4.69, 9.17) is 4.74 Å². The van der Waals surface area contributed by atoms with E-state index in [1.165, 1.54) is 44.9 Å². The van der Waals surface area contributed by atoms with E-state index < -0.39 is 0 Å². The number of ether oxygens (including phenoxy) is 1. The molecular formula is C15H26N2O2. The van der Waals surface area contributed by atoms with Crippen LogP contribution in [0.2, 0.25) is 0 Å². The minimum Gasteiger partial charge on any atom is -0.376 e. The molecule has 1 amide bonds. The van der Waals surface area contributed by atoms with E-state index in [1.54, 1.807) is 0 Å². The molecule has 3 aliphatic rings. The Balaban J connectivity index is 1.30. The normalized spacial score (nSPS) is 34.6. The fraction of sp³-hybridized carbons (Fsp3) is 0.933. The number of nitrogens with one attached hydrogen (secondary N) is 2. The number of fused-ring (bicyclic) bond motifs is 2. The van der Waals surface area contributed by atoms with Gasteiger partial charge < -0.3 is 15.4 Å². The Morgan fingerprint density at radius 3 is 2.68 bits per heavy atom. The molecule has 0 aromatic heterocycles. The minimum atomic E-state index is 0.202. The van der Waals surface area contributed by atoms with Crippen molar-refractivity contribution in [2.45, 2.75) is 69.6 Å². The van der Waals surface area contributed by atoms with E-state index >= 15 is 0 Å². The van der Waals surface area contributed by atoms with Gasteiger partial charge in [0.2, 0.25) is 5.91 Å². The Hall–Kier alpha value is -0.610. The highest BCUT2D eigenvalue weighted by Gasteiger charge is 2.42. The summed E-state index contributed by atoms with van der Waals surface area (Å²) in [5, 5.41) is 6.55. The number of hydrogen-bond acceptors (Lipinski definition) is 3. The van der Waals surface area contributed by atoms with Gasteiger partial charge >= 0.3 is 0 Å². The third-order valence-electron chi connectivity index (χ3n) is 4.94. The van der Waals surface area contributed by atoms with Crippen LogP contribution in [-0.2, 0) is 9.53 Å². The molecule has 1 aliphatic carbocycles. The lowest BCUT2D eigenvalue weighted by Crippen LogP contribution is -2.39. The van der Waals surface area contributed by atoms with Gasteiger partial charge in [0, 0.05) is 18.6 Å². The van der Waals surface area contributed by atoms with Gasteiger partial charge in [0.25, 0.3) is 0 Å². The molecule has 3 atom stereocenters. The first-order chi connectivity index (χ1) is 9.33. The molecule has 0 spiro atoms. The van der Waals surface area contributed by atoms with Crippen molar-refractivity contribution in [3.8, 4) is 0 Å². The largest absolute Gasteiger partial charge is 0.376 e. The maximum atomic E-state index is 12.1. The molecule has 19 heavy (non-hydrogen) atoms. The molecule has 2 saturated heterocycles. The molecule has 108 valence electrons. The van der Waals surface area contributed by atoms with Gasteiger partial charge in [-0.2, -0.15) is 0 Å². The Morgan fingerprint density at radius 1 is 1.16 bits per heavy atom. The zero-order valence-corrected chi connectivity index (χ0v) is 11.7. The van der Waals surface area contributed by atoms with Gasteiger partial charge in [-0.15, -0.1) is 0 Å². The first-order valence-electron chi connectivity index (χ1n) is 7.98. The SMILES string of the molecule is O=C(NCCOC1CCCCC1)C1CC2CCC1N2. The van der Waals surface area contributed by atoms with E-state index in [2.05, 4.69) is 10.6 Å². The van der Waals surface area contributed by atoms with Crippen LogP contribution in [-0.4, -0.2) is 37.2 Å². The highest BCUT2D eigenvalue weighted by Crippen LogP contribution is 2.33. The zero-order chi connectivity index (χ0) is 13.1. The quantitative estimate of drug-likeness (QED) is 0.743. The zero-order valence-electron chi connectivity index (χ0n) is 11.7. The second-order valence-corrected chi connectivity index (χ2v) is 6.31. The fourth-order valence-corrected chi connectivity index (χ4v) is 3.88. The summed E-state index contributed by atoms with van der Waals surface area (Å²) >= 11 is 0. The van der Waals surface area contributed by atoms with E-state index in [1.807, 2.05) is 0 Å². The molecule has 2 heterocycles. The van der Waals surface area contributed by atoms with Crippen LogP contribution in [0.5, 0.6) is 0 Å². The number of hydrogen-bond donors (Lipinski definition) is 2. The van der Waals surface area contributed by atoms with Gasteiger partial charge in [-0.25, -0.2) is 0 Å². The second kappa shape index (κ2) is 6.23. The average molecular weight is 266 g/mol. The van der Waals surface area contributed by atoms with Crippen molar-refractivity contribution in [3.63, 3.8) is 0 Å². The highest BCUT2D eigenvalue weighted by atomic mass is 16.5. The van der Waals surface area contributed by atoms with Crippen molar-refractivity contribution >= 4 is 5.91 Å². The van der Waals surface area contributed by atoms with E-state index in [0.717, 1.165) is 6.42 Å². The summed E-state index contributed by atoms with van der Waals surface area (Å²) in [6.45, 7) is 1.34. The smallest absolute Gasteiger partial charge is 0.224 e. The predicted molar refractivity (Wildman–Crippen MR) is 73.9 cm³/mol. The van der Waals surface area contributed by atoms with Crippen molar-refractivity contribution in [1.82, 2.24) is 10.6 Å². The fourth-order valence-electron chi connectivity index (χ4n) is 3.88. The second-order valence-electron chi connectivity index (χ2n) is 6.31. The molecule has 0 aromatic rings. The van der Waals surface area contributed by atoms with Gasteiger partial charge in [0.15, 0.2) is 0 Å². The van der Waals surface area contributed by atoms with Crippen LogP contribution < -0.4 is 10.6 Å². The molecular weight excluding hydrogens is 240 g/mol. The molecule has 4 nitrogen and oxygen atoms in total. The van der Waals surface area contributed by atoms with Crippen LogP contribution in [0.3, 0.4) is 0 Å². The van der Waals surface area contributed by atoms with Crippen molar-refractivity contribution in [3.05, 3.63) is 0 Å². The molecule has 4 heteroatoms. The molecule has 3 fully saturated rings. The van der Waals surface area contributed by atoms with Crippen molar-refractivity contribution < 1.29 is 9.53 Å². The lowest BCUT2D eigenvalue weighted by molar-refractivity contribution is -0.125. The number of carbonyl (C=O) groups excluding carboxylic acids is 1. The Morgan fingerprint density at radius 2 is 2.00 bits per heavy atom. The number of rotatable bonds is 5. The summed E-state index contributed by atoms with van der Waals surface area (Å²) in [6, 6.07) is 1.03. The van der Waals surface area contributed by atoms with Crippen molar-refractivity contribution in [2.24, 2.45) is 5.92 Å². The first kappa shape index (κ1) is 13.4. The van der Waals surface area contributed by atoms with E-state index in [0.29, 0.717) is 31.3 Å². The standard InChI is InChI=1S/C15H26N2O2/c18-15(13-10-11-6-7-14(13)17-11)16-8-9-19-12-4-2-1-3-5-12/h11-14,17H,1-10H2,(H,16,18). The summed E-state index contributed by atoms with van der Waals surface area (Å²) in [4.78, 5) is 12.1. The van der Waals surface area contributed by atoms with Crippen LogP contribution in [0.25, 0.3) is 0 Å². The van der Waals surface area contributed by atoms with Crippen molar-refractivity contribution in [1.29, 1.82) is 0 Å². The Kier molecular flexibility index (Phi) is 4.38. The molecule has 2 N–H and O–H groups in total. The molecule has 2 aliphatic heterocycles. The van der Waals surface area contributed by atoms with E-state index in [9.17, 15) is 4.79 Å². The first-order valence-corrected chi connectivity index (χ1v) is 7.98. The third-order valence-corrected chi connectivity index (χ3v) is 4.94.